The highest BCUT2D eigenvalue weighted by Crippen LogP contribution is 2.25. The Labute approximate surface area is 116 Å². The Hall–Kier alpha value is -1.06. The van der Waals surface area contributed by atoms with Crippen LogP contribution in [-0.2, 0) is 6.42 Å². The lowest BCUT2D eigenvalue weighted by molar-refractivity contribution is 0.277. The Balaban J connectivity index is 1.58. The molecule has 1 N–H and O–H groups in total. The molecule has 0 unspecified atom stereocenters. The molecule has 0 heterocycles. The molecule has 0 atom stereocenters. The average molecular weight is 262 g/mol. The summed E-state index contributed by atoms with van der Waals surface area (Å²) in [7, 11) is 1.70. The van der Waals surface area contributed by atoms with Gasteiger partial charge in [-0.05, 0) is 50.0 Å². The van der Waals surface area contributed by atoms with Gasteiger partial charge < -0.3 is 10.1 Å². The van der Waals surface area contributed by atoms with E-state index in [0.29, 0.717) is 0 Å². The monoisotopic (exact) mass is 262 g/mol. The lowest BCUT2D eigenvalue weighted by atomic mass is 10.1. The van der Waals surface area contributed by atoms with Crippen molar-refractivity contribution in [3.63, 3.8) is 0 Å². The van der Waals surface area contributed by atoms with Crippen molar-refractivity contribution in [2.75, 3.05) is 33.3 Å². The smallest absolute Gasteiger partial charge is 0.118 e. The molecule has 0 aromatic heterocycles. The maximum Gasteiger partial charge on any atom is 0.118 e. The van der Waals surface area contributed by atoms with Crippen molar-refractivity contribution >= 4 is 0 Å². The molecule has 0 bridgehead atoms. The summed E-state index contributed by atoms with van der Waals surface area (Å²) in [5.41, 5.74) is 1.36. The highest BCUT2D eigenvalue weighted by atomic mass is 16.5. The van der Waals surface area contributed by atoms with Crippen molar-refractivity contribution in [2.45, 2.75) is 32.2 Å². The quantitative estimate of drug-likeness (QED) is 0.691. The van der Waals surface area contributed by atoms with Gasteiger partial charge in [0.25, 0.3) is 0 Å². The highest BCUT2D eigenvalue weighted by molar-refractivity contribution is 5.27. The van der Waals surface area contributed by atoms with Crippen LogP contribution in [0.3, 0.4) is 0 Å². The minimum Gasteiger partial charge on any atom is -0.497 e. The van der Waals surface area contributed by atoms with Crippen LogP contribution in [0, 0.1) is 0 Å². The molecule has 1 fully saturated rings. The van der Waals surface area contributed by atoms with E-state index in [9.17, 15) is 0 Å². The lowest BCUT2D eigenvalue weighted by Gasteiger charge is -2.19. The van der Waals surface area contributed by atoms with Gasteiger partial charge >= 0.3 is 0 Å². The third kappa shape index (κ3) is 4.84. The summed E-state index contributed by atoms with van der Waals surface area (Å²) in [5, 5.41) is 3.54. The summed E-state index contributed by atoms with van der Waals surface area (Å²) >= 11 is 0. The van der Waals surface area contributed by atoms with Crippen LogP contribution in [0.1, 0.15) is 25.3 Å². The predicted molar refractivity (Wildman–Crippen MR) is 79.8 cm³/mol. The van der Waals surface area contributed by atoms with Crippen LogP contribution in [0.2, 0.25) is 0 Å². The number of ether oxygens (including phenoxy) is 1. The second kappa shape index (κ2) is 7.51. The number of methoxy groups -OCH3 is 1. The Bertz CT molecular complexity index is 360. The summed E-state index contributed by atoms with van der Waals surface area (Å²) in [6, 6.07) is 9.22. The Morgan fingerprint density at radius 2 is 1.95 bits per heavy atom. The maximum absolute atomic E-state index is 5.16. The van der Waals surface area contributed by atoms with Gasteiger partial charge in [-0.15, -0.1) is 0 Å². The number of nitrogens with zero attached hydrogens (tertiary/aromatic N) is 1. The van der Waals surface area contributed by atoms with Gasteiger partial charge in [-0.3, -0.25) is 4.90 Å². The molecule has 0 radical (unpaired) electrons. The standard InChI is InChI=1S/C16H26N2O/c1-3-18(15-6-7-15)13-12-17-11-10-14-4-8-16(19-2)9-5-14/h4-5,8-9,15,17H,3,6-7,10-13H2,1-2H3. The van der Waals surface area contributed by atoms with Gasteiger partial charge in [-0.25, -0.2) is 0 Å². The van der Waals surface area contributed by atoms with Crippen LogP contribution < -0.4 is 10.1 Å². The minimum atomic E-state index is 0.883. The summed E-state index contributed by atoms with van der Waals surface area (Å²) in [6.07, 6.45) is 3.89. The van der Waals surface area contributed by atoms with Gasteiger partial charge in [0.2, 0.25) is 0 Å². The van der Waals surface area contributed by atoms with Crippen LogP contribution in [0.25, 0.3) is 0 Å². The maximum atomic E-state index is 5.16. The number of rotatable bonds is 9. The zero-order chi connectivity index (χ0) is 13.5. The van der Waals surface area contributed by atoms with Gasteiger partial charge in [-0.1, -0.05) is 19.1 Å². The van der Waals surface area contributed by atoms with E-state index in [4.69, 9.17) is 4.74 Å². The SMILES string of the molecule is CCN(CCNCCc1ccc(OC)cc1)C1CC1. The number of hydrogen-bond donors (Lipinski definition) is 1. The molecule has 0 aliphatic heterocycles. The molecule has 1 saturated carbocycles. The molecule has 1 aliphatic carbocycles. The van der Waals surface area contributed by atoms with Crippen molar-refractivity contribution in [3.05, 3.63) is 29.8 Å². The van der Waals surface area contributed by atoms with Gasteiger partial charge in [0.15, 0.2) is 0 Å². The van der Waals surface area contributed by atoms with E-state index in [1.54, 1.807) is 7.11 Å². The van der Waals surface area contributed by atoms with Crippen molar-refractivity contribution in [2.24, 2.45) is 0 Å². The second-order valence-corrected chi connectivity index (χ2v) is 5.21. The minimum absolute atomic E-state index is 0.883. The lowest BCUT2D eigenvalue weighted by Crippen LogP contribution is -2.34. The highest BCUT2D eigenvalue weighted by Gasteiger charge is 2.26. The van der Waals surface area contributed by atoms with Crippen molar-refractivity contribution in [1.82, 2.24) is 10.2 Å². The number of benzene rings is 1. The van der Waals surface area contributed by atoms with E-state index in [1.807, 2.05) is 12.1 Å². The van der Waals surface area contributed by atoms with Gasteiger partial charge in [-0.2, -0.15) is 0 Å². The average Bonchev–Trinajstić information content (AvgIpc) is 3.28. The normalized spacial score (nSPS) is 14.9. The second-order valence-electron chi connectivity index (χ2n) is 5.21. The fraction of sp³-hybridized carbons (Fsp3) is 0.625. The van der Waals surface area contributed by atoms with Gasteiger partial charge in [0.05, 0.1) is 7.11 Å². The molecule has 19 heavy (non-hydrogen) atoms. The molecular formula is C16H26N2O. The number of hydrogen-bond acceptors (Lipinski definition) is 3. The third-order valence-corrected chi connectivity index (χ3v) is 3.79. The number of nitrogens with one attached hydrogen (secondary N) is 1. The van der Waals surface area contributed by atoms with E-state index in [-0.39, 0.29) is 0 Å². The topological polar surface area (TPSA) is 24.5 Å². The fourth-order valence-electron chi connectivity index (χ4n) is 2.41. The van der Waals surface area contributed by atoms with E-state index >= 15 is 0 Å². The molecule has 1 aliphatic rings. The molecular weight excluding hydrogens is 236 g/mol. The summed E-state index contributed by atoms with van der Waals surface area (Å²) in [4.78, 5) is 2.58. The molecule has 0 amide bonds. The molecule has 0 spiro atoms. The summed E-state index contributed by atoms with van der Waals surface area (Å²) < 4.78 is 5.16. The first-order valence-electron chi connectivity index (χ1n) is 7.41. The Morgan fingerprint density at radius 3 is 2.53 bits per heavy atom. The van der Waals surface area contributed by atoms with Gasteiger partial charge in [0, 0.05) is 19.1 Å². The third-order valence-electron chi connectivity index (χ3n) is 3.79. The summed E-state index contributed by atoms with van der Waals surface area (Å²) in [6.45, 7) is 6.78. The molecule has 3 heteroatoms. The first kappa shape index (κ1) is 14.4. The molecule has 2 rings (SSSR count). The molecule has 0 saturated heterocycles. The fourth-order valence-corrected chi connectivity index (χ4v) is 2.41. The number of likely N-dealkylation sites (N-methyl/N-ethyl adjacent to an activating group) is 1. The van der Waals surface area contributed by atoms with Crippen LogP contribution in [0.15, 0.2) is 24.3 Å². The summed E-state index contributed by atoms with van der Waals surface area (Å²) in [5.74, 6) is 0.930. The van der Waals surface area contributed by atoms with E-state index in [2.05, 4.69) is 29.3 Å². The molecule has 1 aromatic carbocycles. The predicted octanol–water partition coefficient (Wildman–Crippen LogP) is 2.31. The van der Waals surface area contributed by atoms with Crippen LogP contribution in [-0.4, -0.2) is 44.2 Å². The van der Waals surface area contributed by atoms with E-state index in [1.165, 1.54) is 31.5 Å². The molecule has 3 nitrogen and oxygen atoms in total. The van der Waals surface area contributed by atoms with Crippen molar-refractivity contribution in [1.29, 1.82) is 0 Å². The van der Waals surface area contributed by atoms with Crippen molar-refractivity contribution in [3.8, 4) is 5.75 Å². The Kier molecular flexibility index (Phi) is 5.67. The first-order valence-corrected chi connectivity index (χ1v) is 7.41. The molecule has 106 valence electrons. The van der Waals surface area contributed by atoms with Crippen molar-refractivity contribution < 1.29 is 4.74 Å². The van der Waals surface area contributed by atoms with Crippen LogP contribution >= 0.6 is 0 Å². The molecule has 1 aromatic rings. The zero-order valence-corrected chi connectivity index (χ0v) is 12.2. The first-order chi connectivity index (χ1) is 9.33. The largest absolute Gasteiger partial charge is 0.497 e. The van der Waals surface area contributed by atoms with Crippen LogP contribution in [0.5, 0.6) is 5.75 Å². The van der Waals surface area contributed by atoms with E-state index in [0.717, 1.165) is 31.3 Å². The Morgan fingerprint density at radius 1 is 1.21 bits per heavy atom. The zero-order valence-electron chi connectivity index (χ0n) is 12.2. The van der Waals surface area contributed by atoms with Crippen LogP contribution in [0.4, 0.5) is 0 Å². The van der Waals surface area contributed by atoms with Gasteiger partial charge in [0.1, 0.15) is 5.75 Å². The van der Waals surface area contributed by atoms with E-state index < -0.39 is 0 Å².